The Balaban J connectivity index is 0.836. The Morgan fingerprint density at radius 2 is 0.934 bits per heavy atom. The van der Waals surface area contributed by atoms with Crippen molar-refractivity contribution in [3.05, 3.63) is 68.8 Å². The number of phosphoric acid groups is 4. The molecule has 0 amide bonds. The molecule has 18 N–H and O–H groups in total. The van der Waals surface area contributed by atoms with E-state index in [1.54, 1.807) is 0 Å². The highest BCUT2D eigenvalue weighted by molar-refractivity contribution is 7.48. The van der Waals surface area contributed by atoms with Crippen molar-refractivity contribution < 1.29 is 119 Å². The number of nitrogen functional groups attached to an aromatic ring is 3. The number of phosphoric ester groups is 4. The van der Waals surface area contributed by atoms with Crippen molar-refractivity contribution in [3.8, 4) is 0 Å². The van der Waals surface area contributed by atoms with E-state index in [0.717, 1.165) is 58.4 Å². The van der Waals surface area contributed by atoms with Crippen molar-refractivity contribution >= 4 is 88.3 Å². The number of hydrogen-bond acceptors (Lipinski definition) is 36. The largest absolute Gasteiger partial charge is 0.472 e. The average Bonchev–Trinajstić information content (AvgIpc) is 1.65. The van der Waals surface area contributed by atoms with E-state index in [-0.39, 0.29) is 51.1 Å². The smallest absolute Gasteiger partial charge is 0.394 e. The first-order valence-electron chi connectivity index (χ1n) is 26.1. The van der Waals surface area contributed by atoms with E-state index in [0.29, 0.717) is 4.57 Å². The summed E-state index contributed by atoms with van der Waals surface area (Å²) in [4.78, 5) is 118. The molecule has 0 aromatic carbocycles. The van der Waals surface area contributed by atoms with Gasteiger partial charge in [0.1, 0.15) is 90.9 Å². The maximum Gasteiger partial charge on any atom is 0.472 e. The Bertz CT molecular complexity index is 4250. The van der Waals surface area contributed by atoms with E-state index in [1.165, 1.54) is 7.05 Å². The Hall–Kier alpha value is -6.59. The van der Waals surface area contributed by atoms with Gasteiger partial charge in [-0.3, -0.25) is 74.0 Å². The Morgan fingerprint density at radius 3 is 1.34 bits per heavy atom. The van der Waals surface area contributed by atoms with Crippen LogP contribution in [-0.4, -0.2) is 227 Å². The molecule has 4 unspecified atom stereocenters. The quantitative estimate of drug-likeness (QED) is 0.0252. The first-order valence-corrected chi connectivity index (χ1v) is 32.1. The van der Waals surface area contributed by atoms with Gasteiger partial charge in [-0.2, -0.15) is 15.0 Å². The summed E-state index contributed by atoms with van der Waals surface area (Å²) in [5.74, 6) is -0.856. The van der Waals surface area contributed by atoms with Crippen molar-refractivity contribution in [2.45, 2.75) is 98.2 Å². The molecule has 4 aliphatic rings. The number of anilines is 4. The Labute approximate surface area is 503 Å². The normalized spacial score (nSPS) is 31.3. The van der Waals surface area contributed by atoms with E-state index in [2.05, 4.69) is 59.7 Å². The summed E-state index contributed by atoms with van der Waals surface area (Å²) >= 11 is 0. The van der Waals surface area contributed by atoms with Gasteiger partial charge in [-0.25, -0.2) is 48.0 Å². The summed E-state index contributed by atoms with van der Waals surface area (Å²) in [6.45, 7) is -4.63. The molecule has 7 aromatic rings. The third kappa shape index (κ3) is 13.2. The van der Waals surface area contributed by atoms with Crippen molar-refractivity contribution in [1.29, 1.82) is 0 Å². The number of nitrogens with two attached hydrogens (primary N) is 3. The van der Waals surface area contributed by atoms with E-state index >= 15 is 0 Å². The van der Waals surface area contributed by atoms with Crippen LogP contribution < -0.4 is 39.3 Å². The Morgan fingerprint density at radius 1 is 0.549 bits per heavy atom. The number of nitrogens with zero attached hydrogens (tertiary/aromatic N) is 12. The third-order valence-corrected chi connectivity index (χ3v) is 18.2. The predicted molar refractivity (Wildman–Crippen MR) is 293 cm³/mol. The molecule has 496 valence electrons. The second kappa shape index (κ2) is 25.4. The van der Waals surface area contributed by atoms with Crippen LogP contribution >= 0.6 is 31.3 Å². The van der Waals surface area contributed by atoms with Crippen LogP contribution in [0, 0.1) is 0 Å². The van der Waals surface area contributed by atoms with Crippen LogP contribution in [-0.2, 0) is 73.4 Å². The molecule has 11 heterocycles. The summed E-state index contributed by atoms with van der Waals surface area (Å²) in [6, 6.07) is 1.14. The number of aliphatic hydroxyl groups excluding tert-OH is 5. The second-order valence-corrected chi connectivity index (χ2v) is 25.8. The maximum absolute atomic E-state index is 14.2. The van der Waals surface area contributed by atoms with Crippen LogP contribution in [0.1, 0.15) is 24.9 Å². The number of ether oxygens (including phenoxy) is 4. The van der Waals surface area contributed by atoms with Gasteiger partial charge in [0.15, 0.2) is 58.7 Å². The molecular formula is C41H54N18O28P4. The predicted octanol–water partition coefficient (Wildman–Crippen LogP) is -5.20. The first kappa shape index (κ1) is 65.9. The standard InChI is InChI=1S/C41H54N18O28P4/c1-45-29-18-30(47-9-46-29)57(10-48-18)36-23(63)27(86-90(72,73)78-6-14-26(84-88(68,69)76-2)22(62)35(81-14)56-4-3-17(42)51-41(56)67)15(82-36)7-79-91(74,75)87-28-16(83-38(24(28)64)59-12-50-20-32(59)53-40(44)55-34(20)66)8-77-89(70,71)85-25-13(5-60)80-37(21(25)61)58-11-49-19-31(58)52-39(43)54-33(19)65/h3-4,9-16,21-28,35-38,60-64H,5-8H2,1-2H3,(H,68,69)(H,70,71)(H,72,73)(H,74,75)(H2,42,51,67)(H,45,46,47)(H3,43,52,54,65)(H3,44,53,55,66)/t13-,14-,15-,16-,21-,22-,23-,24-,25-,26-,27-,28-,35-,36-,37-,38-/m1/s1. The molecule has 91 heavy (non-hydrogen) atoms. The molecule has 46 nitrogen and oxygen atoms in total. The molecule has 0 saturated carbocycles. The summed E-state index contributed by atoms with van der Waals surface area (Å²) in [7, 11) is -19.8. The highest BCUT2D eigenvalue weighted by atomic mass is 31.2. The number of nitrogens with one attached hydrogen (secondary N) is 3. The van der Waals surface area contributed by atoms with Crippen molar-refractivity contribution in [2.24, 2.45) is 0 Å². The van der Waals surface area contributed by atoms with Gasteiger partial charge in [0.2, 0.25) is 11.9 Å². The monoisotopic (exact) mass is 1370 g/mol. The zero-order valence-corrected chi connectivity index (χ0v) is 49.8. The number of aliphatic hydroxyl groups is 5. The van der Waals surface area contributed by atoms with Gasteiger partial charge in [0, 0.05) is 20.4 Å². The number of aromatic nitrogens is 14. The van der Waals surface area contributed by atoms with Crippen molar-refractivity contribution in [2.75, 3.05) is 63.1 Å². The topological polar surface area (TPSA) is 657 Å². The van der Waals surface area contributed by atoms with Gasteiger partial charge < -0.3 is 86.6 Å². The molecule has 7 aromatic heterocycles. The lowest BCUT2D eigenvalue weighted by molar-refractivity contribution is -0.0640. The molecule has 20 atom stereocenters. The van der Waals surface area contributed by atoms with E-state index in [4.69, 9.17) is 67.8 Å². The minimum atomic E-state index is -5.79. The molecule has 4 aliphatic heterocycles. The highest BCUT2D eigenvalue weighted by Crippen LogP contribution is 2.55. The summed E-state index contributed by atoms with van der Waals surface area (Å²) in [5, 5.41) is 59.4. The number of H-pyrrole nitrogens is 2. The van der Waals surface area contributed by atoms with Crippen molar-refractivity contribution in [3.63, 3.8) is 0 Å². The van der Waals surface area contributed by atoms with Crippen molar-refractivity contribution in [1.82, 2.24) is 68.1 Å². The summed E-state index contributed by atoms with van der Waals surface area (Å²) in [5.41, 5.74) is 13.3. The molecule has 50 heteroatoms. The van der Waals surface area contributed by atoms with Gasteiger partial charge in [0.05, 0.1) is 45.4 Å². The van der Waals surface area contributed by atoms with Gasteiger partial charge in [-0.05, 0) is 6.07 Å². The number of hydrogen-bond donors (Lipinski definition) is 15. The maximum atomic E-state index is 14.2. The molecule has 4 saturated heterocycles. The van der Waals surface area contributed by atoms with Crippen LogP contribution in [0.2, 0.25) is 0 Å². The summed E-state index contributed by atoms with van der Waals surface area (Å²) < 4.78 is 123. The molecule has 0 radical (unpaired) electrons. The fraction of sp³-hybridized carbons (Fsp3) is 0.537. The second-order valence-electron chi connectivity index (χ2n) is 20.0. The lowest BCUT2D eigenvalue weighted by Gasteiger charge is -2.27. The van der Waals surface area contributed by atoms with Gasteiger partial charge in [-0.15, -0.1) is 0 Å². The van der Waals surface area contributed by atoms with Crippen LogP contribution in [0.25, 0.3) is 33.5 Å². The number of fused-ring (bicyclic) bond motifs is 3. The average molecular weight is 1370 g/mol. The molecular weight excluding hydrogens is 1320 g/mol. The molecule has 0 spiro atoms. The van der Waals surface area contributed by atoms with Gasteiger partial charge in [0.25, 0.3) is 11.1 Å². The Kier molecular flexibility index (Phi) is 18.4. The van der Waals surface area contributed by atoms with E-state index in [9.17, 15) is 77.8 Å². The highest BCUT2D eigenvalue weighted by Gasteiger charge is 2.56. The van der Waals surface area contributed by atoms with E-state index in [1.807, 2.05) is 0 Å². The zero-order valence-electron chi connectivity index (χ0n) is 46.2. The van der Waals surface area contributed by atoms with E-state index < -0.39 is 179 Å². The lowest BCUT2D eigenvalue weighted by Crippen LogP contribution is -2.38. The van der Waals surface area contributed by atoms with Crippen LogP contribution in [0.5, 0.6) is 0 Å². The fourth-order valence-electron chi connectivity index (χ4n) is 10.2. The summed E-state index contributed by atoms with van der Waals surface area (Å²) in [6.07, 6.45) is -25.7. The lowest BCUT2D eigenvalue weighted by atomic mass is 10.1. The van der Waals surface area contributed by atoms with Gasteiger partial charge >= 0.3 is 37.0 Å². The minimum Gasteiger partial charge on any atom is -0.394 e. The number of rotatable bonds is 24. The molecule has 0 bridgehead atoms. The number of imidazole rings is 3. The van der Waals surface area contributed by atoms with Crippen LogP contribution in [0.3, 0.4) is 0 Å². The minimum absolute atomic E-state index is 0.0201. The SMILES string of the molecule is CNc1ncnc2c1ncn2[C@@H]1O[C@H](COP(=O)(O)O[C@H]2[C@@H](O)[C@H](n3cnc4c(=O)[nH]c(N)nc43)O[C@@H]2COP(=O)(O)O[C@H]2[C@@H](O)[C@H](n3cnc4c(=O)[nH]c(N)nc43)O[C@@H]2CO)[C@@H](OP(=O)(O)OC[C@H]2O[C@@H](n3ccc(N)nc3=O)[C@H](O)[C@@H]2OP(=O)(O)OC)[C@H]1O. The van der Waals surface area contributed by atoms with Crippen LogP contribution in [0.4, 0.5) is 23.5 Å². The van der Waals surface area contributed by atoms with Gasteiger partial charge in [-0.1, -0.05) is 0 Å². The number of aromatic amines is 2. The third-order valence-electron chi connectivity index (χ3n) is 14.3. The zero-order chi connectivity index (χ0) is 65.4. The molecule has 0 aliphatic carbocycles. The molecule has 4 fully saturated rings. The fourth-order valence-corrected chi connectivity index (χ4v) is 13.8. The molecule has 11 rings (SSSR count). The first-order chi connectivity index (χ1) is 43.0. The van der Waals surface area contributed by atoms with Crippen LogP contribution in [0.15, 0.2) is 52.0 Å².